The molecular weight excluding hydrogens is 362 g/mol. The first-order valence-corrected chi connectivity index (χ1v) is 8.19. The minimum atomic E-state index is -5.49. The van der Waals surface area contributed by atoms with Crippen molar-refractivity contribution in [1.82, 2.24) is 5.01 Å². The van der Waals surface area contributed by atoms with Gasteiger partial charge in [-0.05, 0) is 37.3 Å². The Hall–Kier alpha value is -1.48. The smallest absolute Gasteiger partial charge is 0.403 e. The first-order chi connectivity index (χ1) is 11.9. The summed E-state index contributed by atoms with van der Waals surface area (Å²) in [6.45, 7) is 0.619. The molecule has 2 N–H and O–H groups in total. The Kier molecular flexibility index (Phi) is 5.82. The molecule has 0 amide bonds. The van der Waals surface area contributed by atoms with Crippen LogP contribution in [0.2, 0.25) is 0 Å². The molecule has 1 fully saturated rings. The molecule has 1 saturated heterocycles. The van der Waals surface area contributed by atoms with E-state index in [1.807, 2.05) is 0 Å². The number of hydrogen-bond acceptors (Lipinski definition) is 3. The second kappa shape index (κ2) is 7.26. The Bertz CT molecular complexity index is 602. The van der Waals surface area contributed by atoms with E-state index in [9.17, 15) is 26.3 Å². The lowest BCUT2D eigenvalue weighted by Gasteiger charge is -2.46. The maximum Gasteiger partial charge on any atom is 0.403 e. The number of hydrogen-bond donors (Lipinski definition) is 1. The normalized spacial score (nSPS) is 21.5. The van der Waals surface area contributed by atoms with Gasteiger partial charge in [-0.2, -0.15) is 26.3 Å². The zero-order chi connectivity index (χ0) is 19.8. The number of nitrogens with zero attached hydrogens (tertiary/aromatic N) is 1. The van der Waals surface area contributed by atoms with Gasteiger partial charge < -0.3 is 4.74 Å². The number of para-hydroxylation sites is 1. The predicted molar refractivity (Wildman–Crippen MR) is 84.4 cm³/mol. The summed E-state index contributed by atoms with van der Waals surface area (Å²) >= 11 is 0. The van der Waals surface area contributed by atoms with Crippen LogP contribution in [0.15, 0.2) is 24.3 Å². The summed E-state index contributed by atoms with van der Waals surface area (Å²) in [5, 5.41) is 1.28. The Morgan fingerprint density at radius 1 is 1.12 bits per heavy atom. The summed E-state index contributed by atoms with van der Waals surface area (Å²) in [5.74, 6) is 2.93. The quantitative estimate of drug-likeness (QED) is 0.614. The number of piperidine rings is 1. The van der Waals surface area contributed by atoms with Crippen molar-refractivity contribution in [3.05, 3.63) is 29.8 Å². The van der Waals surface area contributed by atoms with E-state index >= 15 is 0 Å². The minimum absolute atomic E-state index is 0.00590. The van der Waals surface area contributed by atoms with Gasteiger partial charge >= 0.3 is 12.4 Å². The van der Waals surface area contributed by atoms with Crippen molar-refractivity contribution in [3.8, 4) is 5.75 Å². The summed E-state index contributed by atoms with van der Waals surface area (Å²) < 4.78 is 88.0. The lowest BCUT2D eigenvalue weighted by atomic mass is 9.64. The largest absolute Gasteiger partial charge is 0.496 e. The van der Waals surface area contributed by atoms with Gasteiger partial charge in [-0.1, -0.05) is 18.2 Å². The maximum absolute atomic E-state index is 13.8. The zero-order valence-electron chi connectivity index (χ0n) is 14.5. The molecule has 1 aliphatic heterocycles. The fourth-order valence-electron chi connectivity index (χ4n) is 3.79. The van der Waals surface area contributed by atoms with Gasteiger partial charge in [0, 0.05) is 19.0 Å². The van der Waals surface area contributed by atoms with Gasteiger partial charge in [0.05, 0.1) is 7.11 Å². The molecule has 0 saturated carbocycles. The number of rotatable bonds is 4. The van der Waals surface area contributed by atoms with Crippen molar-refractivity contribution >= 4 is 0 Å². The molecule has 3 nitrogen and oxygen atoms in total. The number of hydrazine groups is 1. The third-order valence-electron chi connectivity index (χ3n) is 5.23. The van der Waals surface area contributed by atoms with Crippen molar-refractivity contribution in [2.45, 2.75) is 38.0 Å². The van der Waals surface area contributed by atoms with Crippen molar-refractivity contribution in [2.75, 3.05) is 20.2 Å². The second-order valence-electron chi connectivity index (χ2n) is 6.81. The average Bonchev–Trinajstić information content (AvgIpc) is 2.53. The van der Waals surface area contributed by atoms with Crippen molar-refractivity contribution in [1.29, 1.82) is 0 Å². The lowest BCUT2D eigenvalue weighted by molar-refractivity contribution is -0.346. The van der Waals surface area contributed by atoms with Crippen molar-refractivity contribution in [2.24, 2.45) is 17.2 Å². The van der Waals surface area contributed by atoms with Gasteiger partial charge in [-0.3, -0.25) is 5.84 Å². The second-order valence-corrected chi connectivity index (χ2v) is 6.81. The van der Waals surface area contributed by atoms with E-state index in [1.54, 1.807) is 0 Å². The molecule has 9 heteroatoms. The van der Waals surface area contributed by atoms with Crippen LogP contribution in [0.1, 0.15) is 31.2 Å². The zero-order valence-corrected chi connectivity index (χ0v) is 14.5. The van der Waals surface area contributed by atoms with Gasteiger partial charge in [0.2, 0.25) is 0 Å². The first-order valence-electron chi connectivity index (χ1n) is 8.19. The third-order valence-corrected chi connectivity index (χ3v) is 5.23. The number of ether oxygens (including phenoxy) is 1. The van der Waals surface area contributed by atoms with E-state index in [1.165, 1.54) is 36.4 Å². The standard InChI is InChI=1S/C17H22F6N2O/c1-15(16(18,19)20,17(21,22)23)14(11-6-5-9-25(24)10-11)12-7-3-4-8-13(12)26-2/h3-4,7-8,11,14H,5-6,9-10,24H2,1-2H3. The number of halogens is 6. The van der Waals surface area contributed by atoms with Gasteiger partial charge in [0.25, 0.3) is 0 Å². The van der Waals surface area contributed by atoms with E-state index in [0.29, 0.717) is 13.0 Å². The van der Waals surface area contributed by atoms with Crippen molar-refractivity contribution < 1.29 is 31.1 Å². The van der Waals surface area contributed by atoms with Crippen LogP contribution in [0.3, 0.4) is 0 Å². The highest BCUT2D eigenvalue weighted by atomic mass is 19.4. The molecule has 1 aromatic rings. The highest BCUT2D eigenvalue weighted by molar-refractivity contribution is 5.39. The fraction of sp³-hybridized carbons (Fsp3) is 0.647. The SMILES string of the molecule is COc1ccccc1C(C1CCCN(N)C1)C(C)(C(F)(F)F)C(F)(F)F. The highest BCUT2D eigenvalue weighted by Crippen LogP contribution is 2.61. The summed E-state index contributed by atoms with van der Waals surface area (Å²) in [6, 6.07) is 5.57. The Morgan fingerprint density at radius 2 is 1.69 bits per heavy atom. The van der Waals surface area contributed by atoms with Crippen LogP contribution in [0.25, 0.3) is 0 Å². The summed E-state index contributed by atoms with van der Waals surface area (Å²) in [5.41, 5.74) is -4.04. The number of benzene rings is 1. The highest BCUT2D eigenvalue weighted by Gasteiger charge is 2.72. The molecule has 0 spiro atoms. The monoisotopic (exact) mass is 384 g/mol. The molecule has 1 aliphatic rings. The molecule has 0 aromatic heterocycles. The molecule has 26 heavy (non-hydrogen) atoms. The predicted octanol–water partition coefficient (Wildman–Crippen LogP) is 4.50. The van der Waals surface area contributed by atoms with Crippen LogP contribution in [0.5, 0.6) is 5.75 Å². The molecule has 2 unspecified atom stereocenters. The Morgan fingerprint density at radius 3 is 2.19 bits per heavy atom. The maximum atomic E-state index is 13.8. The number of methoxy groups -OCH3 is 1. The molecule has 2 rings (SSSR count). The van der Waals surface area contributed by atoms with Crippen LogP contribution in [-0.2, 0) is 0 Å². The van der Waals surface area contributed by atoms with Crippen LogP contribution >= 0.6 is 0 Å². The molecule has 0 radical (unpaired) electrons. The molecule has 0 bridgehead atoms. The molecular formula is C17H22F6N2O. The number of nitrogens with two attached hydrogens (primary N) is 1. The van der Waals surface area contributed by atoms with E-state index in [0.717, 1.165) is 0 Å². The minimum Gasteiger partial charge on any atom is -0.496 e. The molecule has 2 atom stereocenters. The van der Waals surface area contributed by atoms with Crippen LogP contribution < -0.4 is 10.6 Å². The number of alkyl halides is 6. The van der Waals surface area contributed by atoms with Crippen molar-refractivity contribution in [3.63, 3.8) is 0 Å². The first kappa shape index (κ1) is 20.8. The molecule has 148 valence electrons. The van der Waals surface area contributed by atoms with Crippen LogP contribution in [0, 0.1) is 11.3 Å². The summed E-state index contributed by atoms with van der Waals surface area (Å²) in [6.07, 6.45) is -10.3. The van der Waals surface area contributed by atoms with Gasteiger partial charge in [-0.25, -0.2) is 5.01 Å². The fourth-order valence-corrected chi connectivity index (χ4v) is 3.79. The molecule has 0 aliphatic carbocycles. The van der Waals surface area contributed by atoms with Gasteiger partial charge in [0.15, 0.2) is 5.41 Å². The van der Waals surface area contributed by atoms with E-state index in [4.69, 9.17) is 10.6 Å². The summed E-state index contributed by atoms with van der Waals surface area (Å²) in [7, 11) is 1.23. The van der Waals surface area contributed by atoms with E-state index < -0.39 is 29.6 Å². The van der Waals surface area contributed by atoms with Gasteiger partial charge in [-0.15, -0.1) is 0 Å². The average molecular weight is 384 g/mol. The summed E-state index contributed by atoms with van der Waals surface area (Å²) in [4.78, 5) is 0. The Labute approximate surface area is 148 Å². The van der Waals surface area contributed by atoms with E-state index in [-0.39, 0.29) is 31.2 Å². The van der Waals surface area contributed by atoms with Crippen LogP contribution in [-0.4, -0.2) is 37.6 Å². The van der Waals surface area contributed by atoms with Crippen LogP contribution in [0.4, 0.5) is 26.3 Å². The van der Waals surface area contributed by atoms with E-state index in [2.05, 4.69) is 0 Å². The Balaban J connectivity index is 2.70. The molecule has 1 aromatic carbocycles. The van der Waals surface area contributed by atoms with Gasteiger partial charge in [0.1, 0.15) is 5.75 Å². The lowest BCUT2D eigenvalue weighted by Crippen LogP contribution is -2.56. The topological polar surface area (TPSA) is 38.5 Å². The molecule has 1 heterocycles. The third kappa shape index (κ3) is 3.64.